The Morgan fingerprint density at radius 3 is 3.15 bits per heavy atom. The molecule has 0 saturated heterocycles. The number of aryl methyl sites for hydroxylation is 1. The van der Waals surface area contributed by atoms with E-state index < -0.39 is 0 Å². The van der Waals surface area contributed by atoms with Crippen molar-refractivity contribution in [1.29, 1.82) is 0 Å². The van der Waals surface area contributed by atoms with Crippen molar-refractivity contribution >= 4 is 17.3 Å². The number of guanidine groups is 1. The second-order valence-electron chi connectivity index (χ2n) is 3.28. The molecule has 0 saturated carbocycles. The monoisotopic (exact) mass is 195 g/mol. The summed E-state index contributed by atoms with van der Waals surface area (Å²) in [6, 6.07) is 2.58. The fourth-order valence-electron chi connectivity index (χ4n) is 1.46. The van der Waals surface area contributed by atoms with Crippen molar-refractivity contribution < 1.29 is 0 Å². The Kier molecular flexibility index (Phi) is 2.22. The van der Waals surface area contributed by atoms with Crippen LogP contribution in [0, 0.1) is 6.92 Å². The van der Waals surface area contributed by atoms with E-state index in [-0.39, 0.29) is 0 Å². The van der Waals surface area contributed by atoms with Gasteiger partial charge in [-0.25, -0.2) is 0 Å². The number of thiophene rings is 1. The SMILES string of the molecule is Cc1csc(C2CCN=C(N)N2)c1. The number of rotatable bonds is 1. The zero-order chi connectivity index (χ0) is 9.26. The average molecular weight is 195 g/mol. The molecular formula is C9H13N3S. The summed E-state index contributed by atoms with van der Waals surface area (Å²) in [4.78, 5) is 5.46. The van der Waals surface area contributed by atoms with Crippen LogP contribution in [-0.2, 0) is 0 Å². The zero-order valence-corrected chi connectivity index (χ0v) is 8.40. The van der Waals surface area contributed by atoms with Crippen LogP contribution in [0.1, 0.15) is 22.9 Å². The lowest BCUT2D eigenvalue weighted by Gasteiger charge is -2.21. The van der Waals surface area contributed by atoms with Gasteiger partial charge in [-0.15, -0.1) is 11.3 Å². The van der Waals surface area contributed by atoms with E-state index in [0.717, 1.165) is 13.0 Å². The van der Waals surface area contributed by atoms with E-state index >= 15 is 0 Å². The first kappa shape index (κ1) is 8.56. The largest absolute Gasteiger partial charge is 0.370 e. The Morgan fingerprint density at radius 2 is 2.54 bits per heavy atom. The summed E-state index contributed by atoms with van der Waals surface area (Å²) >= 11 is 1.79. The predicted molar refractivity (Wildman–Crippen MR) is 56.0 cm³/mol. The van der Waals surface area contributed by atoms with Crippen LogP contribution in [0.3, 0.4) is 0 Å². The second kappa shape index (κ2) is 3.38. The molecule has 4 heteroatoms. The molecule has 13 heavy (non-hydrogen) atoms. The third-order valence-electron chi connectivity index (χ3n) is 2.12. The van der Waals surface area contributed by atoms with Gasteiger partial charge in [-0.05, 0) is 30.4 Å². The van der Waals surface area contributed by atoms with Crippen molar-refractivity contribution in [3.63, 3.8) is 0 Å². The van der Waals surface area contributed by atoms with E-state index in [2.05, 4.69) is 28.7 Å². The van der Waals surface area contributed by atoms with Gasteiger partial charge in [-0.1, -0.05) is 0 Å². The highest BCUT2D eigenvalue weighted by Crippen LogP contribution is 2.25. The molecule has 1 atom stereocenters. The smallest absolute Gasteiger partial charge is 0.189 e. The first-order chi connectivity index (χ1) is 6.25. The third-order valence-corrected chi connectivity index (χ3v) is 3.28. The summed E-state index contributed by atoms with van der Waals surface area (Å²) in [5.74, 6) is 0.572. The first-order valence-electron chi connectivity index (χ1n) is 4.37. The highest BCUT2D eigenvalue weighted by Gasteiger charge is 2.16. The van der Waals surface area contributed by atoms with Crippen molar-refractivity contribution in [3.8, 4) is 0 Å². The van der Waals surface area contributed by atoms with Gasteiger partial charge in [-0.2, -0.15) is 0 Å². The Labute approximate surface area is 81.7 Å². The molecule has 0 fully saturated rings. The van der Waals surface area contributed by atoms with Crippen LogP contribution in [0.2, 0.25) is 0 Å². The summed E-state index contributed by atoms with van der Waals surface area (Å²) in [6.07, 6.45) is 1.04. The maximum Gasteiger partial charge on any atom is 0.189 e. The molecule has 2 rings (SSSR count). The zero-order valence-electron chi connectivity index (χ0n) is 7.58. The topological polar surface area (TPSA) is 50.4 Å². The molecule has 1 unspecified atom stereocenters. The van der Waals surface area contributed by atoms with E-state index in [4.69, 9.17) is 5.73 Å². The lowest BCUT2D eigenvalue weighted by molar-refractivity contribution is 0.577. The summed E-state index contributed by atoms with van der Waals surface area (Å²) in [5.41, 5.74) is 6.93. The van der Waals surface area contributed by atoms with Crippen LogP contribution in [0.15, 0.2) is 16.4 Å². The molecule has 1 aromatic heterocycles. The second-order valence-corrected chi connectivity index (χ2v) is 4.22. The highest BCUT2D eigenvalue weighted by molar-refractivity contribution is 7.10. The molecule has 3 N–H and O–H groups in total. The van der Waals surface area contributed by atoms with Gasteiger partial charge in [-0.3, -0.25) is 4.99 Å². The van der Waals surface area contributed by atoms with Gasteiger partial charge in [0.05, 0.1) is 6.04 Å². The highest BCUT2D eigenvalue weighted by atomic mass is 32.1. The molecule has 3 nitrogen and oxygen atoms in total. The number of nitrogens with two attached hydrogens (primary N) is 1. The molecule has 1 aromatic rings. The molecule has 70 valence electrons. The average Bonchev–Trinajstić information content (AvgIpc) is 2.52. The van der Waals surface area contributed by atoms with Gasteiger partial charge in [0.1, 0.15) is 0 Å². The first-order valence-corrected chi connectivity index (χ1v) is 5.25. The predicted octanol–water partition coefficient (Wildman–Crippen LogP) is 1.41. The van der Waals surface area contributed by atoms with Crippen molar-refractivity contribution in [1.82, 2.24) is 5.32 Å². The van der Waals surface area contributed by atoms with Crippen LogP contribution < -0.4 is 11.1 Å². The molecule has 0 amide bonds. The number of nitrogens with zero attached hydrogens (tertiary/aromatic N) is 1. The van der Waals surface area contributed by atoms with Crippen molar-refractivity contribution in [2.24, 2.45) is 10.7 Å². The van der Waals surface area contributed by atoms with Crippen LogP contribution >= 0.6 is 11.3 Å². The standard InChI is InChI=1S/C9H13N3S/c1-6-4-8(13-5-6)7-2-3-11-9(10)12-7/h4-5,7H,2-3H2,1H3,(H3,10,11,12). The summed E-state index contributed by atoms with van der Waals surface area (Å²) in [5, 5.41) is 5.35. The fraction of sp³-hybridized carbons (Fsp3) is 0.444. The fourth-order valence-corrected chi connectivity index (χ4v) is 2.44. The maximum absolute atomic E-state index is 5.61. The van der Waals surface area contributed by atoms with Crippen LogP contribution in [-0.4, -0.2) is 12.5 Å². The number of aliphatic imine (C=N–C) groups is 1. The molecule has 0 bridgehead atoms. The molecule has 0 aliphatic carbocycles. The quantitative estimate of drug-likeness (QED) is 0.711. The van der Waals surface area contributed by atoms with Gasteiger partial charge in [0.25, 0.3) is 0 Å². The molecule has 1 aliphatic heterocycles. The van der Waals surface area contributed by atoms with Gasteiger partial charge in [0, 0.05) is 11.4 Å². The van der Waals surface area contributed by atoms with Crippen molar-refractivity contribution in [2.75, 3.05) is 6.54 Å². The van der Waals surface area contributed by atoms with Crippen LogP contribution in [0.4, 0.5) is 0 Å². The Bertz CT molecular complexity index is 329. The van der Waals surface area contributed by atoms with E-state index in [1.165, 1.54) is 10.4 Å². The number of hydrogen-bond acceptors (Lipinski definition) is 4. The van der Waals surface area contributed by atoms with Gasteiger partial charge >= 0.3 is 0 Å². The normalized spacial score (nSPS) is 22.2. The minimum absolute atomic E-state index is 0.371. The molecule has 0 radical (unpaired) electrons. The molecular weight excluding hydrogens is 182 g/mol. The summed E-state index contributed by atoms with van der Waals surface area (Å²) in [6.45, 7) is 2.95. The van der Waals surface area contributed by atoms with Crippen LogP contribution in [0.25, 0.3) is 0 Å². The molecule has 2 heterocycles. The molecule has 0 aromatic carbocycles. The van der Waals surface area contributed by atoms with E-state index in [9.17, 15) is 0 Å². The van der Waals surface area contributed by atoms with Crippen LogP contribution in [0.5, 0.6) is 0 Å². The Hall–Kier alpha value is -1.03. The van der Waals surface area contributed by atoms with Gasteiger partial charge < -0.3 is 11.1 Å². The number of hydrogen-bond donors (Lipinski definition) is 2. The van der Waals surface area contributed by atoms with E-state index in [0.29, 0.717) is 12.0 Å². The van der Waals surface area contributed by atoms with E-state index in [1.807, 2.05) is 0 Å². The lowest BCUT2D eigenvalue weighted by Crippen LogP contribution is -2.38. The molecule has 1 aliphatic rings. The van der Waals surface area contributed by atoms with E-state index in [1.54, 1.807) is 11.3 Å². The third kappa shape index (κ3) is 1.83. The minimum Gasteiger partial charge on any atom is -0.370 e. The number of nitrogens with one attached hydrogen (secondary N) is 1. The van der Waals surface area contributed by atoms with Gasteiger partial charge in [0.2, 0.25) is 0 Å². The summed E-state index contributed by atoms with van der Waals surface area (Å²) < 4.78 is 0. The molecule has 0 spiro atoms. The lowest BCUT2D eigenvalue weighted by atomic mass is 10.1. The van der Waals surface area contributed by atoms with Crippen molar-refractivity contribution in [3.05, 3.63) is 21.9 Å². The maximum atomic E-state index is 5.61. The Balaban J connectivity index is 2.14. The summed E-state index contributed by atoms with van der Waals surface area (Å²) in [7, 11) is 0. The van der Waals surface area contributed by atoms with Gasteiger partial charge in [0.15, 0.2) is 5.96 Å². The van der Waals surface area contributed by atoms with Crippen molar-refractivity contribution in [2.45, 2.75) is 19.4 Å². The minimum atomic E-state index is 0.371. The Morgan fingerprint density at radius 1 is 1.69 bits per heavy atom.